The first-order valence-corrected chi connectivity index (χ1v) is 11.6. The number of aromatic nitrogens is 4. The van der Waals surface area contributed by atoms with Crippen molar-refractivity contribution in [1.82, 2.24) is 24.0 Å². The Bertz CT molecular complexity index is 1450. The number of fused-ring (bicyclic) bond motifs is 1. The van der Waals surface area contributed by atoms with Crippen LogP contribution in [0.1, 0.15) is 0 Å². The lowest BCUT2D eigenvalue weighted by atomic mass is 10.2. The van der Waals surface area contributed by atoms with Crippen molar-refractivity contribution in [1.29, 1.82) is 0 Å². The lowest BCUT2D eigenvalue weighted by Crippen LogP contribution is -2.44. The van der Waals surface area contributed by atoms with Crippen molar-refractivity contribution in [3.63, 3.8) is 0 Å². The normalized spacial score (nSPS) is 13.8. The molecule has 1 N–H and O–H groups in total. The van der Waals surface area contributed by atoms with Crippen LogP contribution in [0.2, 0.25) is 0 Å². The zero-order valence-corrected chi connectivity index (χ0v) is 19.8. The Kier molecular flexibility index (Phi) is 6.28. The highest BCUT2D eigenvalue weighted by Crippen LogP contribution is 2.30. The molecule has 0 amide bonds. The lowest BCUT2D eigenvalue weighted by Gasteiger charge is -2.29. The molecule has 0 aliphatic carbocycles. The van der Waals surface area contributed by atoms with Crippen LogP contribution in [0, 0.1) is 0 Å². The smallest absolute Gasteiger partial charge is 0.332 e. The van der Waals surface area contributed by atoms with Gasteiger partial charge in [0.2, 0.25) is 5.95 Å². The Balaban J connectivity index is 1.67. The summed E-state index contributed by atoms with van der Waals surface area (Å²) in [5.41, 5.74) is 0.494. The molecule has 1 saturated heterocycles. The van der Waals surface area contributed by atoms with E-state index in [-0.39, 0.29) is 13.2 Å². The Labute approximate surface area is 201 Å². The predicted molar refractivity (Wildman–Crippen MR) is 134 cm³/mol. The summed E-state index contributed by atoms with van der Waals surface area (Å²) >= 11 is 0. The number of hydrogen-bond acceptors (Lipinski definition) is 7. The summed E-state index contributed by atoms with van der Waals surface area (Å²) in [5.74, 6) is 1.89. The number of rotatable bonds is 7. The quantitative estimate of drug-likeness (QED) is 0.431. The highest BCUT2D eigenvalue weighted by atomic mass is 16.5. The van der Waals surface area contributed by atoms with E-state index in [9.17, 15) is 9.59 Å². The summed E-state index contributed by atoms with van der Waals surface area (Å²) in [6.07, 6.45) is 0. The minimum atomic E-state index is -0.435. The van der Waals surface area contributed by atoms with Crippen LogP contribution in [0.3, 0.4) is 0 Å². The molecule has 0 unspecified atom stereocenters. The van der Waals surface area contributed by atoms with Gasteiger partial charge in [-0.1, -0.05) is 30.3 Å². The number of piperazine rings is 1. The van der Waals surface area contributed by atoms with Crippen LogP contribution in [0.25, 0.3) is 16.9 Å². The van der Waals surface area contributed by atoms with E-state index in [0.29, 0.717) is 34.3 Å². The van der Waals surface area contributed by atoms with Crippen molar-refractivity contribution < 1.29 is 9.47 Å². The van der Waals surface area contributed by atoms with E-state index in [1.165, 1.54) is 9.13 Å². The summed E-state index contributed by atoms with van der Waals surface area (Å²) in [4.78, 5) is 33.9. The van der Waals surface area contributed by atoms with Crippen LogP contribution < -0.4 is 30.9 Å². The fourth-order valence-electron chi connectivity index (χ4n) is 4.40. The molecule has 0 bridgehead atoms. The second-order valence-corrected chi connectivity index (χ2v) is 8.29. The van der Waals surface area contributed by atoms with Gasteiger partial charge in [-0.25, -0.2) is 4.79 Å². The molecule has 0 atom stereocenters. The molecule has 2 aromatic heterocycles. The van der Waals surface area contributed by atoms with Gasteiger partial charge in [0, 0.05) is 33.2 Å². The second kappa shape index (κ2) is 9.67. The van der Waals surface area contributed by atoms with Gasteiger partial charge in [0.15, 0.2) is 11.2 Å². The topological polar surface area (TPSA) is 95.6 Å². The number of imidazole rings is 1. The monoisotopic (exact) mass is 476 g/mol. The van der Waals surface area contributed by atoms with E-state index in [1.807, 2.05) is 59.2 Å². The molecule has 0 spiro atoms. The van der Waals surface area contributed by atoms with E-state index in [0.717, 1.165) is 26.2 Å². The molecule has 1 fully saturated rings. The number of nitrogens with zero attached hydrogens (tertiary/aromatic N) is 5. The minimum Gasteiger partial charge on any atom is -0.495 e. The zero-order chi connectivity index (χ0) is 24.4. The molecule has 35 heavy (non-hydrogen) atoms. The molecular weight excluding hydrogens is 448 g/mol. The van der Waals surface area contributed by atoms with E-state index < -0.39 is 11.2 Å². The number of benzene rings is 2. The SMILES string of the molecule is COc1ccccc1-n1c(N2CCNCC2)nc2c1c(=O)n(CCOc1ccccc1)c(=O)n2C. The third-order valence-electron chi connectivity index (χ3n) is 6.18. The predicted octanol–water partition coefficient (Wildman–Crippen LogP) is 1.38. The minimum absolute atomic E-state index is 0.108. The maximum Gasteiger partial charge on any atom is 0.332 e. The van der Waals surface area contributed by atoms with Crippen LogP contribution in [-0.2, 0) is 13.6 Å². The average Bonchev–Trinajstić information content (AvgIpc) is 3.31. The highest BCUT2D eigenvalue weighted by Gasteiger charge is 2.26. The average molecular weight is 477 g/mol. The van der Waals surface area contributed by atoms with E-state index >= 15 is 0 Å². The first-order chi connectivity index (χ1) is 17.1. The van der Waals surface area contributed by atoms with Gasteiger partial charge in [-0.3, -0.25) is 18.5 Å². The maximum atomic E-state index is 13.8. The van der Waals surface area contributed by atoms with E-state index in [2.05, 4.69) is 10.2 Å². The Morgan fingerprint density at radius 2 is 1.71 bits per heavy atom. The Morgan fingerprint density at radius 3 is 2.46 bits per heavy atom. The molecule has 0 saturated carbocycles. The number of methoxy groups -OCH3 is 1. The molecule has 182 valence electrons. The highest BCUT2D eigenvalue weighted by molar-refractivity contribution is 5.79. The Morgan fingerprint density at radius 1 is 1.00 bits per heavy atom. The van der Waals surface area contributed by atoms with E-state index in [4.69, 9.17) is 14.5 Å². The Hall–Kier alpha value is -4.05. The van der Waals surface area contributed by atoms with E-state index in [1.54, 1.807) is 14.2 Å². The fraction of sp³-hybridized carbons (Fsp3) is 0.320. The second-order valence-electron chi connectivity index (χ2n) is 8.29. The van der Waals surface area contributed by atoms with Crippen LogP contribution >= 0.6 is 0 Å². The van der Waals surface area contributed by atoms with Gasteiger partial charge in [-0.2, -0.15) is 4.98 Å². The first-order valence-electron chi connectivity index (χ1n) is 11.6. The van der Waals surface area contributed by atoms with Crippen molar-refractivity contribution in [2.75, 3.05) is 44.8 Å². The molecule has 1 aliphatic rings. The largest absolute Gasteiger partial charge is 0.495 e. The molecular formula is C25H28N6O4. The number of nitrogens with one attached hydrogen (secondary N) is 1. The summed E-state index contributed by atoms with van der Waals surface area (Å²) in [7, 11) is 3.23. The van der Waals surface area contributed by atoms with Crippen LogP contribution in [0.4, 0.5) is 5.95 Å². The molecule has 5 rings (SSSR count). The molecule has 10 nitrogen and oxygen atoms in total. The van der Waals surface area contributed by atoms with Crippen molar-refractivity contribution >= 4 is 17.1 Å². The van der Waals surface area contributed by atoms with Crippen LogP contribution in [-0.4, -0.2) is 58.6 Å². The summed E-state index contributed by atoms with van der Waals surface area (Å²) < 4.78 is 15.8. The van der Waals surface area contributed by atoms with Gasteiger partial charge in [0.25, 0.3) is 5.56 Å². The maximum absolute atomic E-state index is 13.8. The van der Waals surface area contributed by atoms with Crippen molar-refractivity contribution in [3.05, 3.63) is 75.4 Å². The lowest BCUT2D eigenvalue weighted by molar-refractivity contribution is 0.293. The number of aryl methyl sites for hydroxylation is 1. The molecule has 1 aliphatic heterocycles. The van der Waals surface area contributed by atoms with Gasteiger partial charge in [-0.05, 0) is 24.3 Å². The summed E-state index contributed by atoms with van der Waals surface area (Å²) in [6.45, 7) is 3.34. The standard InChI is InChI=1S/C25H28N6O4/c1-28-22-21(23(32)30(25(28)33)16-17-35-18-8-4-3-5-9-18)31(19-10-6-7-11-20(19)34-2)24(27-22)29-14-12-26-13-15-29/h3-11,26H,12-17H2,1-2H3. The van der Waals surface area contributed by atoms with Crippen molar-refractivity contribution in [2.45, 2.75) is 6.54 Å². The van der Waals surface area contributed by atoms with Gasteiger partial charge < -0.3 is 19.7 Å². The molecule has 4 aromatic rings. The van der Waals surface area contributed by atoms with Gasteiger partial charge >= 0.3 is 5.69 Å². The van der Waals surface area contributed by atoms with Crippen molar-refractivity contribution in [3.8, 4) is 17.2 Å². The zero-order valence-electron chi connectivity index (χ0n) is 19.8. The van der Waals surface area contributed by atoms with Crippen LogP contribution in [0.5, 0.6) is 11.5 Å². The summed E-state index contributed by atoms with van der Waals surface area (Å²) in [6, 6.07) is 16.8. The number of ether oxygens (including phenoxy) is 2. The van der Waals surface area contributed by atoms with Gasteiger partial charge in [0.05, 0.1) is 19.3 Å². The first kappa shape index (κ1) is 22.7. The molecule has 10 heteroatoms. The molecule has 0 radical (unpaired) electrons. The third-order valence-corrected chi connectivity index (χ3v) is 6.18. The third kappa shape index (κ3) is 4.17. The molecule has 2 aromatic carbocycles. The number of anilines is 1. The van der Waals surface area contributed by atoms with Gasteiger partial charge in [0.1, 0.15) is 18.1 Å². The van der Waals surface area contributed by atoms with Crippen LogP contribution in [0.15, 0.2) is 64.2 Å². The number of para-hydroxylation sites is 3. The van der Waals surface area contributed by atoms with Crippen molar-refractivity contribution in [2.24, 2.45) is 7.05 Å². The number of hydrogen-bond donors (Lipinski definition) is 1. The molecule has 3 heterocycles. The fourth-order valence-corrected chi connectivity index (χ4v) is 4.40. The van der Waals surface area contributed by atoms with Gasteiger partial charge in [-0.15, -0.1) is 0 Å². The summed E-state index contributed by atoms with van der Waals surface area (Å²) in [5, 5.41) is 3.34.